The summed E-state index contributed by atoms with van der Waals surface area (Å²) in [5, 5.41) is 3.31. The highest BCUT2D eigenvalue weighted by Crippen LogP contribution is 2.41. The Hall–Kier alpha value is -2.96. The van der Waals surface area contributed by atoms with E-state index in [1.807, 2.05) is 31.2 Å². The van der Waals surface area contributed by atoms with Crippen LogP contribution in [0.1, 0.15) is 12.0 Å². The number of hydrogen-bond donors (Lipinski definition) is 2. The van der Waals surface area contributed by atoms with Gasteiger partial charge in [-0.2, -0.15) is 0 Å². The Kier molecular flexibility index (Phi) is 5.70. The number of hydrogen-bond acceptors (Lipinski definition) is 4. The molecule has 5 nitrogen and oxygen atoms in total. The van der Waals surface area contributed by atoms with E-state index in [-0.39, 0.29) is 24.3 Å². The van der Waals surface area contributed by atoms with Gasteiger partial charge in [-0.3, -0.25) is 9.97 Å². The molecule has 1 saturated heterocycles. The van der Waals surface area contributed by atoms with Gasteiger partial charge in [-0.05, 0) is 50.2 Å². The van der Waals surface area contributed by atoms with E-state index < -0.39 is 0 Å². The van der Waals surface area contributed by atoms with E-state index in [1.165, 1.54) is 6.07 Å². The molecule has 3 aromatic heterocycles. The van der Waals surface area contributed by atoms with E-state index >= 15 is 0 Å². The second-order valence-electron chi connectivity index (χ2n) is 7.36. The van der Waals surface area contributed by atoms with Crippen LogP contribution in [0.15, 0.2) is 55.0 Å². The molecule has 1 atom stereocenters. The van der Waals surface area contributed by atoms with Gasteiger partial charge in [-0.15, -0.1) is 12.4 Å². The Bertz CT molecular complexity index is 1190. The molecule has 0 bridgehead atoms. The largest absolute Gasteiger partial charge is 0.487 e. The van der Waals surface area contributed by atoms with E-state index in [0.29, 0.717) is 11.3 Å². The molecule has 0 radical (unpaired) electrons. The third kappa shape index (κ3) is 3.64. The monoisotopic (exact) mass is 424 g/mol. The van der Waals surface area contributed by atoms with Gasteiger partial charge in [0.2, 0.25) is 0 Å². The Morgan fingerprint density at radius 3 is 2.87 bits per heavy atom. The van der Waals surface area contributed by atoms with E-state index in [2.05, 4.69) is 20.3 Å². The average Bonchev–Trinajstić information content (AvgIpc) is 3.38. The molecule has 0 spiro atoms. The van der Waals surface area contributed by atoms with Crippen LogP contribution in [0, 0.1) is 12.7 Å². The van der Waals surface area contributed by atoms with Crippen molar-refractivity contribution in [3.8, 4) is 28.1 Å². The van der Waals surface area contributed by atoms with Gasteiger partial charge in [0.25, 0.3) is 0 Å². The number of pyridine rings is 2. The van der Waals surface area contributed by atoms with Gasteiger partial charge >= 0.3 is 0 Å². The molecule has 4 aromatic rings. The minimum absolute atomic E-state index is 0. The molecular weight excluding hydrogens is 403 g/mol. The maximum atomic E-state index is 14.9. The zero-order chi connectivity index (χ0) is 19.8. The Morgan fingerprint density at radius 2 is 2.03 bits per heavy atom. The van der Waals surface area contributed by atoms with Crippen LogP contribution in [0.3, 0.4) is 0 Å². The van der Waals surface area contributed by atoms with Crippen LogP contribution in [0.4, 0.5) is 4.39 Å². The maximum Gasteiger partial charge on any atom is 0.147 e. The van der Waals surface area contributed by atoms with E-state index in [4.69, 9.17) is 4.74 Å². The minimum Gasteiger partial charge on any atom is -0.487 e. The van der Waals surface area contributed by atoms with Crippen molar-refractivity contribution in [3.05, 3.63) is 66.4 Å². The number of nitrogens with zero attached hydrogens (tertiary/aromatic N) is 2. The first-order chi connectivity index (χ1) is 14.2. The fourth-order valence-electron chi connectivity index (χ4n) is 3.90. The van der Waals surface area contributed by atoms with Crippen molar-refractivity contribution < 1.29 is 9.13 Å². The summed E-state index contributed by atoms with van der Waals surface area (Å²) in [5.74, 6) is 0.405. The molecule has 0 amide bonds. The molecule has 5 rings (SSSR count). The lowest BCUT2D eigenvalue weighted by Crippen LogP contribution is -2.20. The first-order valence-electron chi connectivity index (χ1n) is 9.75. The highest BCUT2D eigenvalue weighted by molar-refractivity contribution is 6.02. The number of aryl methyl sites for hydroxylation is 1. The quantitative estimate of drug-likeness (QED) is 0.489. The predicted molar refractivity (Wildman–Crippen MR) is 119 cm³/mol. The van der Waals surface area contributed by atoms with Crippen LogP contribution < -0.4 is 10.1 Å². The highest BCUT2D eigenvalue weighted by atomic mass is 35.5. The molecule has 154 valence electrons. The van der Waals surface area contributed by atoms with Crippen LogP contribution in [0.5, 0.6) is 5.75 Å². The topological polar surface area (TPSA) is 62.8 Å². The van der Waals surface area contributed by atoms with Crippen LogP contribution >= 0.6 is 12.4 Å². The maximum absolute atomic E-state index is 14.9. The molecule has 2 N–H and O–H groups in total. The summed E-state index contributed by atoms with van der Waals surface area (Å²) in [6, 6.07) is 10.9. The summed E-state index contributed by atoms with van der Waals surface area (Å²) < 4.78 is 21.1. The Morgan fingerprint density at radius 1 is 1.13 bits per heavy atom. The lowest BCUT2D eigenvalue weighted by atomic mass is 9.98. The lowest BCUT2D eigenvalue weighted by molar-refractivity contribution is 0.223. The third-order valence-electron chi connectivity index (χ3n) is 5.31. The fraction of sp³-hybridized carbons (Fsp3) is 0.217. The van der Waals surface area contributed by atoms with Gasteiger partial charge in [0.05, 0.1) is 22.9 Å². The number of ether oxygens (including phenoxy) is 1. The summed E-state index contributed by atoms with van der Waals surface area (Å²) in [7, 11) is 0. The Labute approximate surface area is 180 Å². The number of H-pyrrole nitrogens is 1. The van der Waals surface area contributed by atoms with Crippen molar-refractivity contribution >= 4 is 23.4 Å². The van der Waals surface area contributed by atoms with Gasteiger partial charge in [-0.25, -0.2) is 4.39 Å². The molecule has 0 aliphatic carbocycles. The first kappa shape index (κ1) is 20.3. The number of fused-ring (bicyclic) bond motifs is 1. The number of aromatic amines is 1. The molecule has 4 heterocycles. The molecular formula is C23H22ClFN4O. The van der Waals surface area contributed by atoms with Gasteiger partial charge in [0.1, 0.15) is 17.7 Å². The summed E-state index contributed by atoms with van der Waals surface area (Å²) in [4.78, 5) is 12.2. The molecule has 30 heavy (non-hydrogen) atoms. The first-order valence-corrected chi connectivity index (χ1v) is 9.75. The number of nitrogens with one attached hydrogen (secondary N) is 2. The highest BCUT2D eigenvalue weighted by Gasteiger charge is 2.23. The fourth-order valence-corrected chi connectivity index (χ4v) is 3.90. The third-order valence-corrected chi connectivity index (χ3v) is 5.31. The van der Waals surface area contributed by atoms with Crippen molar-refractivity contribution in [2.75, 3.05) is 13.1 Å². The zero-order valence-electron chi connectivity index (χ0n) is 16.5. The summed E-state index contributed by atoms with van der Waals surface area (Å²) >= 11 is 0. The molecule has 1 fully saturated rings. The molecule has 7 heteroatoms. The SMILES string of the molecule is Cc1ccc(F)c(-c2c(-c3ccncc3O[C@@H]3CCNC3)[nH]c3cccnc23)c1.Cl. The molecule has 1 aliphatic heterocycles. The lowest BCUT2D eigenvalue weighted by Gasteiger charge is -2.16. The molecule has 0 saturated carbocycles. The summed E-state index contributed by atoms with van der Waals surface area (Å²) in [6.07, 6.45) is 6.22. The molecule has 1 aliphatic rings. The van der Waals surface area contributed by atoms with Gasteiger partial charge in [0.15, 0.2) is 0 Å². The van der Waals surface area contributed by atoms with E-state index in [0.717, 1.165) is 52.9 Å². The second-order valence-corrected chi connectivity index (χ2v) is 7.36. The van der Waals surface area contributed by atoms with Crippen molar-refractivity contribution in [2.45, 2.75) is 19.4 Å². The average molecular weight is 425 g/mol. The minimum atomic E-state index is -0.278. The van der Waals surface area contributed by atoms with Crippen molar-refractivity contribution in [3.63, 3.8) is 0 Å². The summed E-state index contributed by atoms with van der Waals surface area (Å²) in [6.45, 7) is 3.71. The summed E-state index contributed by atoms with van der Waals surface area (Å²) in [5.41, 5.74) is 5.46. The standard InChI is InChI=1S/C23H21FN4O.ClH/c1-14-4-5-18(24)17(11-14)21-22(28-19-3-2-8-27-23(19)21)16-7-10-26-13-20(16)29-15-6-9-25-12-15;/h2-5,7-8,10-11,13,15,25,28H,6,9,12H2,1H3;1H/t15-;/m1./s1. The predicted octanol–water partition coefficient (Wildman–Crippen LogP) is 4.90. The smallest absolute Gasteiger partial charge is 0.147 e. The number of aromatic nitrogens is 3. The number of rotatable bonds is 4. The Balaban J connectivity index is 0.00000218. The van der Waals surface area contributed by atoms with Crippen LogP contribution in [-0.4, -0.2) is 34.1 Å². The number of halogens is 2. The zero-order valence-corrected chi connectivity index (χ0v) is 17.3. The molecule has 0 unspecified atom stereocenters. The van der Waals surface area contributed by atoms with Crippen molar-refractivity contribution in [2.24, 2.45) is 0 Å². The van der Waals surface area contributed by atoms with E-state index in [9.17, 15) is 4.39 Å². The van der Waals surface area contributed by atoms with Gasteiger partial charge < -0.3 is 15.0 Å². The molecule has 1 aromatic carbocycles. The second kappa shape index (κ2) is 8.42. The number of benzene rings is 1. The normalized spacial score (nSPS) is 15.9. The van der Waals surface area contributed by atoms with Gasteiger partial charge in [-0.1, -0.05) is 11.6 Å². The van der Waals surface area contributed by atoms with Crippen molar-refractivity contribution in [1.82, 2.24) is 20.3 Å². The van der Waals surface area contributed by atoms with Gasteiger partial charge in [0, 0.05) is 35.6 Å². The van der Waals surface area contributed by atoms with Crippen molar-refractivity contribution in [1.29, 1.82) is 0 Å². The van der Waals surface area contributed by atoms with Crippen LogP contribution in [-0.2, 0) is 0 Å². The van der Waals surface area contributed by atoms with Crippen LogP contribution in [0.2, 0.25) is 0 Å². The van der Waals surface area contributed by atoms with Crippen LogP contribution in [0.25, 0.3) is 33.4 Å². The van der Waals surface area contributed by atoms with E-state index in [1.54, 1.807) is 24.7 Å².